The van der Waals surface area contributed by atoms with Gasteiger partial charge in [0.25, 0.3) is 11.8 Å². The van der Waals surface area contributed by atoms with Gasteiger partial charge in [0.15, 0.2) is 0 Å². The largest absolute Gasteiger partial charge is 0.343 e. The molecule has 154 valence electrons. The van der Waals surface area contributed by atoms with Gasteiger partial charge >= 0.3 is 0 Å². The Morgan fingerprint density at radius 3 is 2.67 bits per heavy atom. The Morgan fingerprint density at radius 2 is 1.97 bits per heavy atom. The molecular weight excluding hydrogens is 374 g/mol. The predicted molar refractivity (Wildman–Crippen MR) is 117 cm³/mol. The highest BCUT2D eigenvalue weighted by Gasteiger charge is 2.43. The third kappa shape index (κ3) is 2.82. The maximum atomic E-state index is 13.1. The summed E-state index contributed by atoms with van der Waals surface area (Å²) in [5, 5.41) is 9.53. The Balaban J connectivity index is 1.79. The second-order valence-electron chi connectivity index (χ2n) is 8.70. The van der Waals surface area contributed by atoms with Crippen LogP contribution in [-0.2, 0) is 21.4 Å². The van der Waals surface area contributed by atoms with Gasteiger partial charge < -0.3 is 4.90 Å². The summed E-state index contributed by atoms with van der Waals surface area (Å²) in [7, 11) is 0. The van der Waals surface area contributed by atoms with E-state index in [2.05, 4.69) is 36.9 Å². The van der Waals surface area contributed by atoms with Crippen molar-refractivity contribution in [1.82, 2.24) is 4.90 Å². The van der Waals surface area contributed by atoms with E-state index < -0.39 is 5.91 Å². The fraction of sp³-hybridized carbons (Fsp3) is 0.400. The smallest absolute Gasteiger partial charge is 0.271 e. The van der Waals surface area contributed by atoms with E-state index in [0.29, 0.717) is 17.7 Å². The van der Waals surface area contributed by atoms with Crippen LogP contribution in [0.15, 0.2) is 52.8 Å². The van der Waals surface area contributed by atoms with E-state index in [1.54, 1.807) is 13.0 Å². The summed E-state index contributed by atoms with van der Waals surface area (Å²) in [6.07, 6.45) is 6.43. The Labute approximate surface area is 178 Å². The minimum atomic E-state index is -0.476. The Bertz CT molecular complexity index is 1080. The molecule has 0 spiro atoms. The third-order valence-electron chi connectivity index (χ3n) is 6.57. The molecule has 0 aliphatic carbocycles. The fourth-order valence-corrected chi connectivity index (χ4v) is 4.81. The lowest BCUT2D eigenvalue weighted by Gasteiger charge is -2.28. The van der Waals surface area contributed by atoms with Gasteiger partial charge in [0.2, 0.25) is 0 Å². The summed E-state index contributed by atoms with van der Waals surface area (Å²) < 4.78 is 0. The fourth-order valence-electron chi connectivity index (χ4n) is 4.81. The average Bonchev–Trinajstić information content (AvgIpc) is 3.23. The SMILES string of the molecule is CCCCN1C(=O)C(=CC=C2N3CCc4cccc(c43)C2(C)C)C(C)=C(C#N)C1=O. The first-order chi connectivity index (χ1) is 14.3. The van der Waals surface area contributed by atoms with Crippen molar-refractivity contribution in [2.24, 2.45) is 0 Å². The van der Waals surface area contributed by atoms with Crippen LogP contribution in [0.5, 0.6) is 0 Å². The molecule has 0 N–H and O–H groups in total. The summed E-state index contributed by atoms with van der Waals surface area (Å²) in [6, 6.07) is 8.50. The first-order valence-corrected chi connectivity index (χ1v) is 10.6. The number of carbonyl (C=O) groups excluding carboxylic acids is 2. The Morgan fingerprint density at radius 1 is 1.20 bits per heavy atom. The van der Waals surface area contributed by atoms with Crippen LogP contribution in [0.1, 0.15) is 51.7 Å². The molecule has 0 bridgehead atoms. The lowest BCUT2D eigenvalue weighted by molar-refractivity contribution is -0.140. The van der Waals surface area contributed by atoms with Crippen molar-refractivity contribution in [3.63, 3.8) is 0 Å². The van der Waals surface area contributed by atoms with Crippen LogP contribution >= 0.6 is 0 Å². The molecule has 4 rings (SSSR count). The molecule has 0 saturated carbocycles. The first-order valence-electron chi connectivity index (χ1n) is 10.6. The predicted octanol–water partition coefficient (Wildman–Crippen LogP) is 4.16. The van der Waals surface area contributed by atoms with Gasteiger partial charge in [-0.3, -0.25) is 14.5 Å². The van der Waals surface area contributed by atoms with Crippen molar-refractivity contribution < 1.29 is 9.59 Å². The number of benzene rings is 1. The van der Waals surface area contributed by atoms with E-state index in [-0.39, 0.29) is 16.9 Å². The first kappa shape index (κ1) is 20.2. The zero-order chi connectivity index (χ0) is 21.6. The topological polar surface area (TPSA) is 64.4 Å². The molecule has 0 unspecified atom stereocenters. The van der Waals surface area contributed by atoms with Gasteiger partial charge in [0.1, 0.15) is 11.6 Å². The molecule has 30 heavy (non-hydrogen) atoms. The monoisotopic (exact) mass is 401 g/mol. The van der Waals surface area contributed by atoms with Gasteiger partial charge in [0, 0.05) is 35.5 Å². The summed E-state index contributed by atoms with van der Waals surface area (Å²) in [5.41, 5.74) is 5.90. The highest BCUT2D eigenvalue weighted by atomic mass is 16.2. The molecule has 3 heterocycles. The standard InChI is InChI=1S/C25H27N3O2/c1-5-6-13-28-23(29)18(16(2)19(15-26)24(28)30)10-11-21-25(3,4)20-9-7-8-17-12-14-27(21)22(17)20/h7-11H,5-6,12-14H2,1-4H3. The van der Waals surface area contributed by atoms with Crippen LogP contribution in [0.2, 0.25) is 0 Å². The molecule has 0 atom stereocenters. The molecule has 2 amide bonds. The quantitative estimate of drug-likeness (QED) is 0.561. The van der Waals surface area contributed by atoms with Gasteiger partial charge in [-0.1, -0.05) is 45.4 Å². The van der Waals surface area contributed by atoms with Crippen molar-refractivity contribution in [2.75, 3.05) is 18.0 Å². The van der Waals surface area contributed by atoms with Crippen molar-refractivity contribution in [3.05, 3.63) is 63.9 Å². The summed E-state index contributed by atoms with van der Waals surface area (Å²) in [5.74, 6) is -0.784. The Hall–Kier alpha value is -3.13. The third-order valence-corrected chi connectivity index (χ3v) is 6.57. The molecule has 1 aromatic carbocycles. The van der Waals surface area contributed by atoms with Crippen molar-refractivity contribution in [3.8, 4) is 6.07 Å². The van der Waals surface area contributed by atoms with E-state index in [1.165, 1.54) is 21.7 Å². The molecule has 0 aromatic heterocycles. The molecule has 0 saturated heterocycles. The highest BCUT2D eigenvalue weighted by Crippen LogP contribution is 2.51. The maximum absolute atomic E-state index is 13.1. The molecule has 5 nitrogen and oxygen atoms in total. The molecule has 0 fully saturated rings. The number of nitrogens with zero attached hydrogens (tertiary/aromatic N) is 3. The number of nitriles is 1. The molecule has 3 aliphatic heterocycles. The molecule has 0 radical (unpaired) electrons. The minimum Gasteiger partial charge on any atom is -0.343 e. The van der Waals surface area contributed by atoms with Gasteiger partial charge in [-0.05, 0) is 48.6 Å². The molecule has 3 aliphatic rings. The Kier molecular flexibility index (Phi) is 4.89. The average molecular weight is 402 g/mol. The second-order valence-corrected chi connectivity index (χ2v) is 8.70. The number of unbranched alkanes of at least 4 members (excludes halogenated alkanes) is 1. The number of anilines is 1. The minimum absolute atomic E-state index is 0.0628. The normalized spacial score (nSPS) is 22.4. The van der Waals surface area contributed by atoms with Crippen LogP contribution in [-0.4, -0.2) is 29.8 Å². The van der Waals surface area contributed by atoms with Gasteiger partial charge in [-0.2, -0.15) is 5.26 Å². The maximum Gasteiger partial charge on any atom is 0.271 e. The van der Waals surface area contributed by atoms with Crippen LogP contribution in [0.3, 0.4) is 0 Å². The number of hydrogen-bond acceptors (Lipinski definition) is 4. The van der Waals surface area contributed by atoms with Gasteiger partial charge in [-0.15, -0.1) is 0 Å². The molecule has 1 aromatic rings. The van der Waals surface area contributed by atoms with E-state index in [0.717, 1.165) is 31.5 Å². The van der Waals surface area contributed by atoms with E-state index in [4.69, 9.17) is 0 Å². The summed E-state index contributed by atoms with van der Waals surface area (Å²) in [6.45, 7) is 9.38. The van der Waals surface area contributed by atoms with E-state index >= 15 is 0 Å². The zero-order valence-electron chi connectivity index (χ0n) is 18.1. The van der Waals surface area contributed by atoms with Crippen molar-refractivity contribution in [2.45, 2.75) is 52.4 Å². The zero-order valence-corrected chi connectivity index (χ0v) is 18.1. The second kappa shape index (κ2) is 7.28. The number of carbonyl (C=O) groups is 2. The number of allylic oxidation sites excluding steroid dienone is 3. The van der Waals surface area contributed by atoms with Gasteiger partial charge in [0.05, 0.1) is 0 Å². The van der Waals surface area contributed by atoms with Crippen LogP contribution in [0.4, 0.5) is 5.69 Å². The molecule has 5 heteroatoms. The van der Waals surface area contributed by atoms with E-state index in [1.807, 2.05) is 19.1 Å². The summed E-state index contributed by atoms with van der Waals surface area (Å²) >= 11 is 0. The van der Waals surface area contributed by atoms with Crippen LogP contribution < -0.4 is 4.90 Å². The van der Waals surface area contributed by atoms with Crippen LogP contribution in [0.25, 0.3) is 0 Å². The van der Waals surface area contributed by atoms with Crippen molar-refractivity contribution >= 4 is 17.5 Å². The number of amides is 2. The summed E-state index contributed by atoms with van der Waals surface area (Å²) in [4.78, 5) is 29.3. The van der Waals surface area contributed by atoms with E-state index in [9.17, 15) is 14.9 Å². The number of para-hydroxylation sites is 1. The van der Waals surface area contributed by atoms with Crippen LogP contribution in [0, 0.1) is 11.3 Å². The molecular formula is C25H27N3O2. The number of hydrogen-bond donors (Lipinski definition) is 0. The van der Waals surface area contributed by atoms with Gasteiger partial charge in [-0.25, -0.2) is 0 Å². The lowest BCUT2D eigenvalue weighted by atomic mass is 9.82. The number of rotatable bonds is 4. The van der Waals surface area contributed by atoms with Crippen molar-refractivity contribution in [1.29, 1.82) is 5.26 Å². The lowest BCUT2D eigenvalue weighted by Crippen LogP contribution is -2.43. The highest BCUT2D eigenvalue weighted by molar-refractivity contribution is 6.18. The number of imide groups is 1.